The number of rotatable bonds is 2. The van der Waals surface area contributed by atoms with E-state index in [9.17, 15) is 0 Å². The summed E-state index contributed by atoms with van der Waals surface area (Å²) < 4.78 is 5.01. The van der Waals surface area contributed by atoms with Crippen molar-refractivity contribution in [2.24, 2.45) is 0 Å². The molecule has 1 aromatic carbocycles. The van der Waals surface area contributed by atoms with E-state index < -0.39 is 0 Å². The first-order valence-electron chi connectivity index (χ1n) is 5.66. The Balaban J connectivity index is 2.18. The molecule has 0 aliphatic rings. The highest BCUT2D eigenvalue weighted by atomic mass is 16.5. The molecule has 0 aliphatic heterocycles. The van der Waals surface area contributed by atoms with E-state index in [4.69, 9.17) is 4.52 Å². The number of hydrogen-bond acceptors (Lipinski definition) is 5. The zero-order chi connectivity index (χ0) is 12.5. The van der Waals surface area contributed by atoms with Crippen molar-refractivity contribution in [2.75, 3.05) is 12.4 Å². The monoisotopic (exact) mass is 240 g/mol. The molecule has 3 rings (SSSR count). The van der Waals surface area contributed by atoms with E-state index in [1.54, 1.807) is 7.05 Å². The van der Waals surface area contributed by atoms with Gasteiger partial charge in [0, 0.05) is 12.4 Å². The highest BCUT2D eigenvalue weighted by Crippen LogP contribution is 2.22. The summed E-state index contributed by atoms with van der Waals surface area (Å²) >= 11 is 0. The Bertz CT molecular complexity index is 705. The van der Waals surface area contributed by atoms with Gasteiger partial charge in [0.2, 0.25) is 5.82 Å². The normalized spacial score (nSPS) is 10.8. The zero-order valence-corrected chi connectivity index (χ0v) is 10.1. The Morgan fingerprint density at radius 1 is 1.17 bits per heavy atom. The number of aromatic nitrogens is 3. The summed E-state index contributed by atoms with van der Waals surface area (Å²) in [5, 5.41) is 7.83. The first-order chi connectivity index (χ1) is 8.78. The molecule has 5 heteroatoms. The van der Waals surface area contributed by atoms with E-state index in [1.807, 2.05) is 31.2 Å². The number of fused-ring (bicyclic) bond motifs is 1. The maximum atomic E-state index is 5.01. The molecule has 0 spiro atoms. The van der Waals surface area contributed by atoms with Crippen molar-refractivity contribution < 1.29 is 4.52 Å². The van der Waals surface area contributed by atoms with Crippen LogP contribution < -0.4 is 5.32 Å². The number of nitrogens with zero attached hydrogens (tertiary/aromatic N) is 3. The summed E-state index contributed by atoms with van der Waals surface area (Å²) in [6.07, 6.45) is 0. The standard InChI is InChI=1S/C13H12N4O/c1-8-7-11(12-16-13(14-2)18-17-12)15-10-6-4-3-5-9(8)10/h3-7H,1-2H3,(H,14,16,17). The predicted molar refractivity (Wildman–Crippen MR) is 69.3 cm³/mol. The van der Waals surface area contributed by atoms with Crippen LogP contribution in [0.15, 0.2) is 34.9 Å². The van der Waals surface area contributed by atoms with E-state index in [1.165, 1.54) is 0 Å². The molecule has 1 N–H and O–H groups in total. The summed E-state index contributed by atoms with van der Waals surface area (Å²) in [7, 11) is 1.73. The van der Waals surface area contributed by atoms with Gasteiger partial charge in [-0.1, -0.05) is 23.4 Å². The second kappa shape index (κ2) is 4.10. The Kier molecular flexibility index (Phi) is 2.44. The minimum absolute atomic E-state index is 0.387. The number of anilines is 1. The largest absolute Gasteiger partial charge is 0.341 e. The summed E-state index contributed by atoms with van der Waals surface area (Å²) in [4.78, 5) is 8.74. The van der Waals surface area contributed by atoms with Gasteiger partial charge in [-0.2, -0.15) is 4.98 Å². The topological polar surface area (TPSA) is 63.8 Å². The van der Waals surface area contributed by atoms with Gasteiger partial charge in [-0.15, -0.1) is 0 Å². The number of nitrogens with one attached hydrogen (secondary N) is 1. The van der Waals surface area contributed by atoms with Crippen LogP contribution in [0, 0.1) is 6.92 Å². The predicted octanol–water partition coefficient (Wildman–Crippen LogP) is 2.63. The third-order valence-electron chi connectivity index (χ3n) is 2.79. The molecular weight excluding hydrogens is 228 g/mol. The number of pyridine rings is 1. The van der Waals surface area contributed by atoms with Gasteiger partial charge < -0.3 is 9.84 Å². The first-order valence-corrected chi connectivity index (χ1v) is 5.66. The molecule has 0 saturated heterocycles. The molecule has 0 fully saturated rings. The van der Waals surface area contributed by atoms with Crippen molar-refractivity contribution >= 4 is 16.9 Å². The second-order valence-corrected chi connectivity index (χ2v) is 4.01. The zero-order valence-electron chi connectivity index (χ0n) is 10.1. The summed E-state index contributed by atoms with van der Waals surface area (Å²) in [6.45, 7) is 2.05. The molecule has 0 radical (unpaired) electrons. The van der Waals surface area contributed by atoms with Crippen LogP contribution in [0.25, 0.3) is 22.4 Å². The summed E-state index contributed by atoms with van der Waals surface area (Å²) in [5.41, 5.74) is 2.80. The molecule has 0 saturated carbocycles. The van der Waals surface area contributed by atoms with Gasteiger partial charge in [0.25, 0.3) is 0 Å². The van der Waals surface area contributed by atoms with Crippen LogP contribution in [0.5, 0.6) is 0 Å². The SMILES string of the molecule is CNc1nc(-c2cc(C)c3ccccc3n2)no1. The van der Waals surface area contributed by atoms with E-state index in [0.29, 0.717) is 11.8 Å². The van der Waals surface area contributed by atoms with Gasteiger partial charge in [0.05, 0.1) is 5.52 Å². The van der Waals surface area contributed by atoms with Crippen LogP contribution in [0.2, 0.25) is 0 Å². The minimum atomic E-state index is 0.387. The highest BCUT2D eigenvalue weighted by Gasteiger charge is 2.10. The Morgan fingerprint density at radius 3 is 2.78 bits per heavy atom. The van der Waals surface area contributed by atoms with Gasteiger partial charge in [0.1, 0.15) is 5.69 Å². The fourth-order valence-corrected chi connectivity index (χ4v) is 1.89. The van der Waals surface area contributed by atoms with Crippen LogP contribution in [0.3, 0.4) is 0 Å². The van der Waals surface area contributed by atoms with Gasteiger partial charge in [0.15, 0.2) is 0 Å². The number of para-hydroxylation sites is 1. The van der Waals surface area contributed by atoms with Crippen molar-refractivity contribution in [1.82, 2.24) is 15.1 Å². The van der Waals surface area contributed by atoms with Crippen LogP contribution in [0.4, 0.5) is 6.01 Å². The average Bonchev–Trinajstić information content (AvgIpc) is 2.87. The van der Waals surface area contributed by atoms with Crippen molar-refractivity contribution in [3.8, 4) is 11.5 Å². The van der Waals surface area contributed by atoms with E-state index in [-0.39, 0.29) is 0 Å². The van der Waals surface area contributed by atoms with Crippen molar-refractivity contribution in [3.05, 3.63) is 35.9 Å². The van der Waals surface area contributed by atoms with Crippen LogP contribution in [0.1, 0.15) is 5.56 Å². The van der Waals surface area contributed by atoms with Crippen LogP contribution in [-0.4, -0.2) is 22.2 Å². The van der Waals surface area contributed by atoms with Gasteiger partial charge >= 0.3 is 6.01 Å². The fourth-order valence-electron chi connectivity index (χ4n) is 1.89. The lowest BCUT2D eigenvalue weighted by atomic mass is 10.1. The third-order valence-corrected chi connectivity index (χ3v) is 2.79. The molecule has 18 heavy (non-hydrogen) atoms. The fraction of sp³-hybridized carbons (Fsp3) is 0.154. The van der Waals surface area contributed by atoms with Crippen molar-refractivity contribution in [3.63, 3.8) is 0 Å². The molecule has 0 amide bonds. The highest BCUT2D eigenvalue weighted by molar-refractivity contribution is 5.84. The number of aryl methyl sites for hydroxylation is 1. The molecule has 2 heterocycles. The Labute approximate surface area is 104 Å². The van der Waals surface area contributed by atoms with E-state index in [0.717, 1.165) is 22.2 Å². The molecule has 0 unspecified atom stereocenters. The lowest BCUT2D eigenvalue weighted by molar-refractivity contribution is 0.434. The van der Waals surface area contributed by atoms with E-state index >= 15 is 0 Å². The van der Waals surface area contributed by atoms with Crippen molar-refractivity contribution in [2.45, 2.75) is 6.92 Å². The van der Waals surface area contributed by atoms with Crippen LogP contribution >= 0.6 is 0 Å². The smallest absolute Gasteiger partial charge is 0.321 e. The Hall–Kier alpha value is -2.43. The molecule has 2 aromatic heterocycles. The molecule has 0 aliphatic carbocycles. The first kappa shape index (κ1) is 10.7. The second-order valence-electron chi connectivity index (χ2n) is 4.01. The third kappa shape index (κ3) is 1.69. The molecule has 3 aromatic rings. The quantitative estimate of drug-likeness (QED) is 0.746. The average molecular weight is 240 g/mol. The Morgan fingerprint density at radius 2 is 2.00 bits per heavy atom. The number of benzene rings is 1. The molecule has 5 nitrogen and oxygen atoms in total. The molecule has 0 atom stereocenters. The molecule has 90 valence electrons. The van der Waals surface area contributed by atoms with Gasteiger partial charge in [-0.25, -0.2) is 4.98 Å². The maximum absolute atomic E-state index is 5.01. The van der Waals surface area contributed by atoms with Crippen LogP contribution in [-0.2, 0) is 0 Å². The summed E-state index contributed by atoms with van der Waals surface area (Å²) in [6, 6.07) is 10.4. The van der Waals surface area contributed by atoms with Gasteiger partial charge in [-0.05, 0) is 24.6 Å². The maximum Gasteiger partial charge on any atom is 0.321 e. The lowest BCUT2D eigenvalue weighted by Gasteiger charge is -2.03. The molecular formula is C13H12N4O. The van der Waals surface area contributed by atoms with Gasteiger partial charge in [-0.3, -0.25) is 0 Å². The van der Waals surface area contributed by atoms with Crippen molar-refractivity contribution in [1.29, 1.82) is 0 Å². The lowest BCUT2D eigenvalue weighted by Crippen LogP contribution is -1.91. The summed E-state index contributed by atoms with van der Waals surface area (Å²) in [5.74, 6) is 0.494. The van der Waals surface area contributed by atoms with E-state index in [2.05, 4.69) is 26.5 Å². The minimum Gasteiger partial charge on any atom is -0.341 e. The molecule has 0 bridgehead atoms. The number of hydrogen-bond donors (Lipinski definition) is 1.